The fourth-order valence-electron chi connectivity index (χ4n) is 3.06. The normalized spacial score (nSPS) is 16.9. The number of nitrogens with one attached hydrogen (secondary N) is 1. The van der Waals surface area contributed by atoms with Gasteiger partial charge in [-0.2, -0.15) is 0 Å². The van der Waals surface area contributed by atoms with E-state index in [9.17, 15) is 18.0 Å². The zero-order valence-electron chi connectivity index (χ0n) is 16.5. The monoisotopic (exact) mass is 417 g/mol. The van der Waals surface area contributed by atoms with Gasteiger partial charge in [0.1, 0.15) is 5.75 Å². The Hall–Kier alpha value is -2.91. The highest BCUT2D eigenvalue weighted by Gasteiger charge is 2.35. The number of ether oxygens (including phenoxy) is 1. The molecular formula is C20H23N3O5S. The highest BCUT2D eigenvalue weighted by molar-refractivity contribution is 7.89. The van der Waals surface area contributed by atoms with Gasteiger partial charge in [0.25, 0.3) is 0 Å². The van der Waals surface area contributed by atoms with Crippen molar-refractivity contribution in [2.45, 2.75) is 11.3 Å². The molecule has 8 nitrogen and oxygen atoms in total. The average Bonchev–Trinajstić information content (AvgIpc) is 3.10. The van der Waals surface area contributed by atoms with Crippen LogP contribution in [0.2, 0.25) is 0 Å². The van der Waals surface area contributed by atoms with Crippen molar-refractivity contribution in [3.63, 3.8) is 0 Å². The van der Waals surface area contributed by atoms with Gasteiger partial charge in [0, 0.05) is 38.4 Å². The SMILES string of the molecule is COc1ccc(NC(=O)C2CC(=O)N(c3ccc(S(=O)(=O)N(C)C)cc3)C2)cc1. The molecule has 1 atom stereocenters. The molecule has 1 aliphatic heterocycles. The molecular weight excluding hydrogens is 394 g/mol. The number of nitrogens with zero attached hydrogens (tertiary/aromatic N) is 2. The molecule has 0 saturated carbocycles. The quantitative estimate of drug-likeness (QED) is 0.775. The Kier molecular flexibility index (Phi) is 5.90. The summed E-state index contributed by atoms with van der Waals surface area (Å²) in [5, 5.41) is 2.81. The van der Waals surface area contributed by atoms with Gasteiger partial charge in [-0.25, -0.2) is 12.7 Å². The van der Waals surface area contributed by atoms with Gasteiger partial charge in [-0.05, 0) is 48.5 Å². The number of anilines is 2. The van der Waals surface area contributed by atoms with Crippen molar-refractivity contribution in [3.05, 3.63) is 48.5 Å². The Balaban J connectivity index is 1.68. The molecule has 0 radical (unpaired) electrons. The van der Waals surface area contributed by atoms with E-state index < -0.39 is 15.9 Å². The number of sulfonamides is 1. The molecule has 0 aromatic heterocycles. The summed E-state index contributed by atoms with van der Waals surface area (Å²) in [6, 6.07) is 13.0. The predicted octanol–water partition coefficient (Wildman–Crippen LogP) is 1.94. The molecule has 0 bridgehead atoms. The minimum absolute atomic E-state index is 0.0970. The predicted molar refractivity (Wildman–Crippen MR) is 109 cm³/mol. The Labute approximate surface area is 170 Å². The lowest BCUT2D eigenvalue weighted by atomic mass is 10.1. The fraction of sp³-hybridized carbons (Fsp3) is 0.300. The molecule has 3 rings (SSSR count). The molecule has 1 unspecified atom stereocenters. The summed E-state index contributed by atoms with van der Waals surface area (Å²) >= 11 is 0. The van der Waals surface area contributed by atoms with Crippen LogP contribution < -0.4 is 15.0 Å². The maximum Gasteiger partial charge on any atom is 0.242 e. The first kappa shape index (κ1) is 20.8. The Morgan fingerprint density at radius 2 is 1.72 bits per heavy atom. The van der Waals surface area contributed by atoms with Gasteiger partial charge in [-0.3, -0.25) is 9.59 Å². The van der Waals surface area contributed by atoms with E-state index in [4.69, 9.17) is 4.74 Å². The molecule has 2 aromatic carbocycles. The molecule has 9 heteroatoms. The van der Waals surface area contributed by atoms with Gasteiger partial charge < -0.3 is 15.0 Å². The van der Waals surface area contributed by atoms with Crippen LogP contribution in [0.5, 0.6) is 5.75 Å². The van der Waals surface area contributed by atoms with Crippen molar-refractivity contribution < 1.29 is 22.7 Å². The topological polar surface area (TPSA) is 96.0 Å². The molecule has 1 N–H and O–H groups in total. The maximum absolute atomic E-state index is 12.5. The highest BCUT2D eigenvalue weighted by atomic mass is 32.2. The van der Waals surface area contributed by atoms with Crippen LogP contribution in [-0.2, 0) is 19.6 Å². The molecule has 0 spiro atoms. The van der Waals surface area contributed by atoms with Crippen LogP contribution in [0.25, 0.3) is 0 Å². The van der Waals surface area contributed by atoms with Gasteiger partial charge in [-0.15, -0.1) is 0 Å². The minimum atomic E-state index is -3.54. The smallest absolute Gasteiger partial charge is 0.242 e. The largest absolute Gasteiger partial charge is 0.497 e. The first-order valence-corrected chi connectivity index (χ1v) is 10.4. The van der Waals surface area contributed by atoms with Gasteiger partial charge >= 0.3 is 0 Å². The summed E-state index contributed by atoms with van der Waals surface area (Å²) in [7, 11) is 0.942. The van der Waals surface area contributed by atoms with Crippen LogP contribution in [-0.4, -0.2) is 52.3 Å². The molecule has 154 valence electrons. The summed E-state index contributed by atoms with van der Waals surface area (Å²) < 4.78 is 30.6. The standard InChI is InChI=1S/C20H23N3O5S/c1-22(2)29(26,27)18-10-6-16(7-11-18)23-13-14(12-19(23)24)20(25)21-15-4-8-17(28-3)9-5-15/h4-11,14H,12-13H2,1-3H3,(H,21,25). The maximum atomic E-state index is 12.5. The summed E-state index contributed by atoms with van der Waals surface area (Å²) in [6.45, 7) is 0.237. The lowest BCUT2D eigenvalue weighted by molar-refractivity contribution is -0.122. The third-order valence-electron chi connectivity index (χ3n) is 4.78. The number of hydrogen-bond donors (Lipinski definition) is 1. The first-order valence-electron chi connectivity index (χ1n) is 9.00. The highest BCUT2D eigenvalue weighted by Crippen LogP contribution is 2.27. The van der Waals surface area contributed by atoms with E-state index in [0.29, 0.717) is 17.1 Å². The Bertz CT molecular complexity index is 1000. The van der Waals surface area contributed by atoms with E-state index in [1.165, 1.54) is 31.1 Å². The summed E-state index contributed by atoms with van der Waals surface area (Å²) in [4.78, 5) is 26.6. The Morgan fingerprint density at radius 1 is 1.10 bits per heavy atom. The van der Waals surface area contributed by atoms with Crippen molar-refractivity contribution >= 4 is 33.2 Å². The number of methoxy groups -OCH3 is 1. The second-order valence-corrected chi connectivity index (χ2v) is 9.06. The van der Waals surface area contributed by atoms with Crippen LogP contribution in [0.15, 0.2) is 53.4 Å². The number of hydrogen-bond acceptors (Lipinski definition) is 5. The third kappa shape index (κ3) is 4.41. The lowest BCUT2D eigenvalue weighted by Crippen LogP contribution is -2.28. The number of benzene rings is 2. The van der Waals surface area contributed by atoms with Crippen molar-refractivity contribution in [2.24, 2.45) is 5.92 Å². The van der Waals surface area contributed by atoms with E-state index >= 15 is 0 Å². The van der Waals surface area contributed by atoms with Crippen LogP contribution in [0.4, 0.5) is 11.4 Å². The second-order valence-electron chi connectivity index (χ2n) is 6.90. The Morgan fingerprint density at radius 3 is 2.28 bits per heavy atom. The zero-order valence-corrected chi connectivity index (χ0v) is 17.3. The molecule has 29 heavy (non-hydrogen) atoms. The van der Waals surface area contributed by atoms with Gasteiger partial charge in [0.2, 0.25) is 21.8 Å². The molecule has 0 aliphatic carbocycles. The van der Waals surface area contributed by atoms with Crippen LogP contribution >= 0.6 is 0 Å². The van der Waals surface area contributed by atoms with Gasteiger partial charge in [0.05, 0.1) is 17.9 Å². The third-order valence-corrected chi connectivity index (χ3v) is 6.61. The van der Waals surface area contributed by atoms with Crippen molar-refractivity contribution in [1.82, 2.24) is 4.31 Å². The summed E-state index contributed by atoms with van der Waals surface area (Å²) in [5.74, 6) is -0.222. The summed E-state index contributed by atoms with van der Waals surface area (Å²) in [5.41, 5.74) is 1.19. The summed E-state index contributed by atoms with van der Waals surface area (Å²) in [6.07, 6.45) is 0.0970. The molecule has 1 heterocycles. The van der Waals surface area contributed by atoms with E-state index in [-0.39, 0.29) is 29.7 Å². The van der Waals surface area contributed by atoms with E-state index in [2.05, 4.69) is 5.32 Å². The number of carbonyl (C=O) groups is 2. The molecule has 2 aromatic rings. The number of carbonyl (C=O) groups excluding carboxylic acids is 2. The lowest BCUT2D eigenvalue weighted by Gasteiger charge is -2.18. The molecule has 2 amide bonds. The van der Waals surface area contributed by atoms with Crippen LogP contribution in [0.3, 0.4) is 0 Å². The first-order chi connectivity index (χ1) is 13.7. The fourth-order valence-corrected chi connectivity index (χ4v) is 3.96. The molecule has 1 saturated heterocycles. The number of rotatable bonds is 6. The van der Waals surface area contributed by atoms with Gasteiger partial charge in [0.15, 0.2) is 0 Å². The van der Waals surface area contributed by atoms with Crippen LogP contribution in [0.1, 0.15) is 6.42 Å². The minimum Gasteiger partial charge on any atom is -0.497 e. The van der Waals surface area contributed by atoms with E-state index in [0.717, 1.165) is 4.31 Å². The molecule has 1 fully saturated rings. The second kappa shape index (κ2) is 8.22. The molecule has 1 aliphatic rings. The van der Waals surface area contributed by atoms with Crippen molar-refractivity contribution in [1.29, 1.82) is 0 Å². The van der Waals surface area contributed by atoms with Gasteiger partial charge in [-0.1, -0.05) is 0 Å². The average molecular weight is 417 g/mol. The van der Waals surface area contributed by atoms with Crippen molar-refractivity contribution in [3.8, 4) is 5.75 Å². The number of amides is 2. The van der Waals surface area contributed by atoms with Crippen molar-refractivity contribution in [2.75, 3.05) is 38.0 Å². The van der Waals surface area contributed by atoms with E-state index in [1.807, 2.05) is 0 Å². The zero-order chi connectivity index (χ0) is 21.2. The van der Waals surface area contributed by atoms with E-state index in [1.54, 1.807) is 43.5 Å². The van der Waals surface area contributed by atoms with Crippen LogP contribution in [0, 0.1) is 5.92 Å².